The number of halogens is 1. The van der Waals surface area contributed by atoms with E-state index in [0.717, 1.165) is 24.2 Å². The number of rotatable bonds is 5. The molecule has 0 unspecified atom stereocenters. The molecule has 1 N–H and O–H groups in total. The van der Waals surface area contributed by atoms with Crippen molar-refractivity contribution in [3.05, 3.63) is 46.2 Å². The third kappa shape index (κ3) is 3.83. The van der Waals surface area contributed by atoms with E-state index in [9.17, 15) is 13.2 Å². The normalized spacial score (nSPS) is 15.4. The molecule has 0 saturated carbocycles. The van der Waals surface area contributed by atoms with Crippen LogP contribution in [0.25, 0.3) is 0 Å². The minimum atomic E-state index is -3.67. The average Bonchev–Trinajstić information content (AvgIpc) is 3.25. The predicted molar refractivity (Wildman–Crippen MR) is 112 cm³/mol. The summed E-state index contributed by atoms with van der Waals surface area (Å²) in [4.78, 5) is 12.8. The van der Waals surface area contributed by atoms with Crippen molar-refractivity contribution in [1.29, 1.82) is 0 Å². The van der Waals surface area contributed by atoms with Crippen molar-refractivity contribution in [2.45, 2.75) is 51.5 Å². The summed E-state index contributed by atoms with van der Waals surface area (Å²) >= 11 is 6.18. The van der Waals surface area contributed by atoms with Gasteiger partial charge >= 0.3 is 0 Å². The third-order valence-corrected chi connectivity index (χ3v) is 7.50. The van der Waals surface area contributed by atoms with Crippen LogP contribution in [0.4, 0.5) is 5.69 Å². The summed E-state index contributed by atoms with van der Waals surface area (Å²) in [6.07, 6.45) is 1.69. The monoisotopic (exact) mass is 423 g/mol. The SMILES string of the molecule is Cc1cc(C(=O)Nc2ccc(Cl)c(S(=O)(=O)N3CCCC3)c2)c(C)n1C(C)C. The predicted octanol–water partition coefficient (Wildman–Crippen LogP) is 4.38. The smallest absolute Gasteiger partial charge is 0.257 e. The van der Waals surface area contributed by atoms with Gasteiger partial charge in [0.1, 0.15) is 4.90 Å². The molecular formula is C20H26ClN3O3S. The molecule has 6 nitrogen and oxygen atoms in total. The Morgan fingerprint density at radius 1 is 1.14 bits per heavy atom. The van der Waals surface area contributed by atoms with Gasteiger partial charge in [-0.2, -0.15) is 4.31 Å². The molecule has 0 spiro atoms. The number of sulfonamides is 1. The van der Waals surface area contributed by atoms with Gasteiger partial charge in [0.2, 0.25) is 10.0 Å². The Labute approximate surface area is 171 Å². The molecule has 1 aromatic heterocycles. The van der Waals surface area contributed by atoms with Gasteiger partial charge in [0.15, 0.2) is 0 Å². The Balaban J connectivity index is 1.90. The van der Waals surface area contributed by atoms with E-state index in [1.165, 1.54) is 16.4 Å². The van der Waals surface area contributed by atoms with E-state index in [-0.39, 0.29) is 21.9 Å². The summed E-state index contributed by atoms with van der Waals surface area (Å²) in [7, 11) is -3.67. The van der Waals surface area contributed by atoms with E-state index in [1.54, 1.807) is 6.07 Å². The maximum absolute atomic E-state index is 12.9. The van der Waals surface area contributed by atoms with E-state index in [2.05, 4.69) is 23.7 Å². The first-order valence-electron chi connectivity index (χ1n) is 9.42. The van der Waals surface area contributed by atoms with Crippen molar-refractivity contribution >= 4 is 33.2 Å². The zero-order chi connectivity index (χ0) is 20.6. The van der Waals surface area contributed by atoms with Crippen LogP contribution in [0.3, 0.4) is 0 Å². The van der Waals surface area contributed by atoms with Crippen LogP contribution < -0.4 is 5.32 Å². The molecule has 3 rings (SSSR count). The number of carbonyl (C=O) groups excluding carboxylic acids is 1. The van der Waals surface area contributed by atoms with Gasteiger partial charge in [0.25, 0.3) is 5.91 Å². The quantitative estimate of drug-likeness (QED) is 0.775. The molecule has 8 heteroatoms. The molecule has 0 radical (unpaired) electrons. The first-order valence-corrected chi connectivity index (χ1v) is 11.2. The molecule has 1 saturated heterocycles. The van der Waals surface area contributed by atoms with Gasteiger partial charge in [0.05, 0.1) is 10.6 Å². The molecule has 28 heavy (non-hydrogen) atoms. The Morgan fingerprint density at radius 2 is 1.79 bits per heavy atom. The molecule has 152 valence electrons. The van der Waals surface area contributed by atoms with Crippen molar-refractivity contribution in [3.63, 3.8) is 0 Å². The number of anilines is 1. The Morgan fingerprint density at radius 3 is 2.36 bits per heavy atom. The van der Waals surface area contributed by atoms with Crippen LogP contribution in [0, 0.1) is 13.8 Å². The molecule has 1 aliphatic heterocycles. The van der Waals surface area contributed by atoms with Crippen LogP contribution in [-0.2, 0) is 10.0 Å². The lowest BCUT2D eigenvalue weighted by Crippen LogP contribution is -2.28. The number of hydrogen-bond donors (Lipinski definition) is 1. The van der Waals surface area contributed by atoms with Crippen LogP contribution >= 0.6 is 11.6 Å². The molecule has 2 heterocycles. The largest absolute Gasteiger partial charge is 0.346 e. The van der Waals surface area contributed by atoms with Crippen LogP contribution in [-0.4, -0.2) is 36.3 Å². The molecule has 0 atom stereocenters. The van der Waals surface area contributed by atoms with Gasteiger partial charge < -0.3 is 9.88 Å². The standard InChI is InChI=1S/C20H26ClN3O3S/c1-13(2)24-14(3)11-17(15(24)4)20(25)22-16-7-8-18(21)19(12-16)28(26,27)23-9-5-6-10-23/h7-8,11-13H,5-6,9-10H2,1-4H3,(H,22,25). The van der Waals surface area contributed by atoms with E-state index >= 15 is 0 Å². The lowest BCUT2D eigenvalue weighted by Gasteiger charge is -2.17. The van der Waals surface area contributed by atoms with Crippen LogP contribution in [0.2, 0.25) is 5.02 Å². The van der Waals surface area contributed by atoms with E-state index in [4.69, 9.17) is 11.6 Å². The summed E-state index contributed by atoms with van der Waals surface area (Å²) in [6.45, 7) is 9.00. The second kappa shape index (κ2) is 7.89. The van der Waals surface area contributed by atoms with Crippen molar-refractivity contribution < 1.29 is 13.2 Å². The summed E-state index contributed by atoms with van der Waals surface area (Å²) in [5, 5.41) is 2.97. The molecule has 2 aromatic rings. The third-order valence-electron chi connectivity index (χ3n) is 5.12. The van der Waals surface area contributed by atoms with Crippen molar-refractivity contribution in [1.82, 2.24) is 8.87 Å². The molecule has 0 bridgehead atoms. The number of aromatic nitrogens is 1. The van der Waals surface area contributed by atoms with E-state index < -0.39 is 10.0 Å². The average molecular weight is 424 g/mol. The summed E-state index contributed by atoms with van der Waals surface area (Å²) in [6, 6.07) is 6.66. The molecular weight excluding hydrogens is 398 g/mol. The summed E-state index contributed by atoms with van der Waals surface area (Å²) in [5.41, 5.74) is 2.86. The second-order valence-electron chi connectivity index (χ2n) is 7.46. The lowest BCUT2D eigenvalue weighted by molar-refractivity contribution is 0.102. The Hall–Kier alpha value is -1.83. The highest BCUT2D eigenvalue weighted by molar-refractivity contribution is 7.89. The van der Waals surface area contributed by atoms with E-state index in [0.29, 0.717) is 24.3 Å². The fourth-order valence-corrected chi connectivity index (χ4v) is 5.86. The molecule has 1 aliphatic rings. The summed E-state index contributed by atoms with van der Waals surface area (Å²) < 4.78 is 29.3. The molecule has 1 aromatic carbocycles. The highest BCUT2D eigenvalue weighted by atomic mass is 35.5. The van der Waals surface area contributed by atoms with Crippen LogP contribution in [0.1, 0.15) is 54.5 Å². The van der Waals surface area contributed by atoms with Gasteiger partial charge in [-0.1, -0.05) is 11.6 Å². The van der Waals surface area contributed by atoms with Crippen molar-refractivity contribution in [3.8, 4) is 0 Å². The molecule has 1 fully saturated rings. The number of hydrogen-bond acceptors (Lipinski definition) is 3. The fraction of sp³-hybridized carbons (Fsp3) is 0.450. The van der Waals surface area contributed by atoms with Gasteiger partial charge in [-0.15, -0.1) is 0 Å². The fourth-order valence-electron chi connectivity index (χ4n) is 3.85. The maximum Gasteiger partial charge on any atom is 0.257 e. The number of benzene rings is 1. The number of aryl methyl sites for hydroxylation is 1. The Bertz CT molecular complexity index is 1010. The van der Waals surface area contributed by atoms with Gasteiger partial charge in [-0.3, -0.25) is 4.79 Å². The maximum atomic E-state index is 12.9. The zero-order valence-electron chi connectivity index (χ0n) is 16.6. The highest BCUT2D eigenvalue weighted by Gasteiger charge is 2.29. The van der Waals surface area contributed by atoms with Crippen LogP contribution in [0.15, 0.2) is 29.2 Å². The minimum Gasteiger partial charge on any atom is -0.346 e. The van der Waals surface area contributed by atoms with Crippen molar-refractivity contribution in [2.75, 3.05) is 18.4 Å². The first-order chi connectivity index (χ1) is 13.1. The molecule has 0 aliphatic carbocycles. The number of nitrogens with zero attached hydrogens (tertiary/aromatic N) is 2. The van der Waals surface area contributed by atoms with Crippen molar-refractivity contribution in [2.24, 2.45) is 0 Å². The van der Waals surface area contributed by atoms with Gasteiger partial charge in [0, 0.05) is 36.2 Å². The Kier molecular flexibility index (Phi) is 5.89. The van der Waals surface area contributed by atoms with E-state index in [1.807, 2.05) is 19.9 Å². The number of carbonyl (C=O) groups is 1. The topological polar surface area (TPSA) is 71.4 Å². The molecule has 1 amide bonds. The minimum absolute atomic E-state index is 0.0292. The van der Waals surface area contributed by atoms with Gasteiger partial charge in [-0.25, -0.2) is 8.42 Å². The highest BCUT2D eigenvalue weighted by Crippen LogP contribution is 2.30. The van der Waals surface area contributed by atoms with Gasteiger partial charge in [-0.05, 0) is 64.8 Å². The zero-order valence-corrected chi connectivity index (χ0v) is 18.2. The first kappa shape index (κ1) is 20.9. The van der Waals surface area contributed by atoms with Crippen LogP contribution in [0.5, 0.6) is 0 Å². The number of amides is 1. The summed E-state index contributed by atoms with van der Waals surface area (Å²) in [5.74, 6) is -0.271. The lowest BCUT2D eigenvalue weighted by atomic mass is 10.2. The number of nitrogens with one attached hydrogen (secondary N) is 1. The second-order valence-corrected chi connectivity index (χ2v) is 9.77.